The fraction of sp³-hybridized carbons (Fsp3) is 0.0882. The highest BCUT2D eigenvalue weighted by Crippen LogP contribution is 2.36. The van der Waals surface area contributed by atoms with Gasteiger partial charge in [-0.2, -0.15) is 0 Å². The van der Waals surface area contributed by atoms with Gasteiger partial charge in [0.15, 0.2) is 11.5 Å². The van der Waals surface area contributed by atoms with Gasteiger partial charge in [0.05, 0.1) is 23.4 Å². The molecule has 1 aliphatic rings. The van der Waals surface area contributed by atoms with Crippen LogP contribution in [-0.2, 0) is 22.6 Å². The number of carbonyl (C=O) groups excluding carboxylic acids is 3. The fourth-order valence-corrected chi connectivity index (χ4v) is 4.76. The van der Waals surface area contributed by atoms with Crippen molar-refractivity contribution < 1.29 is 28.8 Å². The summed E-state index contributed by atoms with van der Waals surface area (Å²) < 4.78 is 11.7. The Kier molecular flexibility index (Phi) is 8.62. The number of carbonyl (C=O) groups is 3. The highest BCUT2D eigenvalue weighted by molar-refractivity contribution is 6.46. The van der Waals surface area contributed by atoms with E-state index in [4.69, 9.17) is 9.47 Å². The van der Waals surface area contributed by atoms with Crippen LogP contribution in [0.15, 0.2) is 115 Å². The van der Waals surface area contributed by atoms with Crippen molar-refractivity contribution in [3.05, 3.63) is 142 Å². The first-order valence-corrected chi connectivity index (χ1v) is 13.5. The zero-order chi connectivity index (χ0) is 31.2. The van der Waals surface area contributed by atoms with Gasteiger partial charge in [-0.25, -0.2) is 14.6 Å². The largest absolute Gasteiger partial charge is 0.493 e. The molecule has 44 heavy (non-hydrogen) atoms. The number of nitro groups is 1. The number of hydrogen-bond donors (Lipinski definition) is 0. The molecule has 0 unspecified atom stereocenters. The van der Waals surface area contributed by atoms with E-state index in [-0.39, 0.29) is 17.9 Å². The van der Waals surface area contributed by atoms with Gasteiger partial charge in [-0.3, -0.25) is 19.7 Å². The van der Waals surface area contributed by atoms with Gasteiger partial charge in [0.25, 0.3) is 17.5 Å². The molecule has 0 aliphatic carbocycles. The summed E-state index contributed by atoms with van der Waals surface area (Å²) in [4.78, 5) is 53.6. The lowest BCUT2D eigenvalue weighted by atomic mass is 10.0. The van der Waals surface area contributed by atoms with Gasteiger partial charge in [-0.15, -0.1) is 6.58 Å². The number of barbiturate groups is 1. The minimum Gasteiger partial charge on any atom is -0.493 e. The van der Waals surface area contributed by atoms with Crippen LogP contribution in [0.4, 0.5) is 21.9 Å². The Bertz CT molecular complexity index is 1700. The van der Waals surface area contributed by atoms with E-state index in [0.717, 1.165) is 9.80 Å². The normalized spacial score (nSPS) is 13.1. The van der Waals surface area contributed by atoms with Crippen molar-refractivity contribution in [1.82, 2.24) is 0 Å². The fourth-order valence-electron chi connectivity index (χ4n) is 4.76. The average molecular weight is 590 g/mol. The molecule has 10 nitrogen and oxygen atoms in total. The summed E-state index contributed by atoms with van der Waals surface area (Å²) in [5.74, 6) is -0.770. The molecule has 0 atom stereocenters. The Balaban J connectivity index is 1.55. The van der Waals surface area contributed by atoms with Crippen molar-refractivity contribution in [2.45, 2.75) is 13.0 Å². The van der Waals surface area contributed by atoms with Crippen LogP contribution in [-0.4, -0.2) is 29.9 Å². The number of urea groups is 1. The number of nitro benzene ring substituents is 1. The topological polar surface area (TPSA) is 119 Å². The molecule has 1 saturated heterocycles. The quantitative estimate of drug-likeness (QED) is 0.0681. The Morgan fingerprint density at radius 2 is 1.41 bits per heavy atom. The molecule has 0 N–H and O–H groups in total. The minimum absolute atomic E-state index is 0.0266. The number of para-hydroxylation sites is 2. The third kappa shape index (κ3) is 5.95. The first-order valence-electron chi connectivity index (χ1n) is 13.5. The third-order valence-corrected chi connectivity index (χ3v) is 6.86. The second-order valence-electron chi connectivity index (χ2n) is 9.71. The Morgan fingerprint density at radius 1 is 0.841 bits per heavy atom. The van der Waals surface area contributed by atoms with Crippen LogP contribution in [0, 0.1) is 10.1 Å². The second kappa shape index (κ2) is 12.9. The maximum atomic E-state index is 13.8. The number of non-ortho nitro benzene ring substituents is 1. The summed E-state index contributed by atoms with van der Waals surface area (Å²) in [6.07, 6.45) is 3.47. The maximum Gasteiger partial charge on any atom is 0.343 e. The van der Waals surface area contributed by atoms with E-state index in [1.807, 2.05) is 0 Å². The van der Waals surface area contributed by atoms with Gasteiger partial charge in [0.2, 0.25) is 0 Å². The second-order valence-corrected chi connectivity index (χ2v) is 9.71. The molecule has 4 amide bonds. The van der Waals surface area contributed by atoms with Crippen LogP contribution < -0.4 is 19.3 Å². The van der Waals surface area contributed by atoms with Gasteiger partial charge in [0.1, 0.15) is 12.2 Å². The predicted octanol–water partition coefficient (Wildman–Crippen LogP) is 6.49. The van der Waals surface area contributed by atoms with Crippen LogP contribution in [0.5, 0.6) is 11.5 Å². The van der Waals surface area contributed by atoms with Crippen LogP contribution in [0.2, 0.25) is 0 Å². The van der Waals surface area contributed by atoms with Crippen LogP contribution in [0.1, 0.15) is 16.7 Å². The molecule has 1 heterocycles. The molecular weight excluding hydrogens is 562 g/mol. The molecule has 10 heteroatoms. The van der Waals surface area contributed by atoms with Crippen molar-refractivity contribution in [1.29, 1.82) is 0 Å². The van der Waals surface area contributed by atoms with Gasteiger partial charge >= 0.3 is 6.03 Å². The van der Waals surface area contributed by atoms with E-state index in [1.165, 1.54) is 25.3 Å². The first-order chi connectivity index (χ1) is 21.3. The third-order valence-electron chi connectivity index (χ3n) is 6.86. The van der Waals surface area contributed by atoms with Gasteiger partial charge in [-0.1, -0.05) is 42.5 Å². The summed E-state index contributed by atoms with van der Waals surface area (Å²) in [5, 5.41) is 11.0. The minimum atomic E-state index is -0.783. The van der Waals surface area contributed by atoms with E-state index in [0.29, 0.717) is 46.0 Å². The van der Waals surface area contributed by atoms with Gasteiger partial charge < -0.3 is 9.47 Å². The SMILES string of the molecule is C=CCc1cc(C=C2C(=O)N(c3ccccc3)C(=O)N(c3ccccc3)C2=O)cc(OC)c1OCc1ccc([N+](=O)[O-])cc1. The lowest BCUT2D eigenvalue weighted by Gasteiger charge is -2.34. The van der Waals surface area contributed by atoms with Crippen molar-refractivity contribution in [2.75, 3.05) is 16.9 Å². The molecule has 4 aromatic carbocycles. The van der Waals surface area contributed by atoms with Crippen molar-refractivity contribution in [3.63, 3.8) is 0 Å². The molecule has 1 aliphatic heterocycles. The first kappa shape index (κ1) is 29.5. The summed E-state index contributed by atoms with van der Waals surface area (Å²) in [6.45, 7) is 3.93. The zero-order valence-corrected chi connectivity index (χ0v) is 23.7. The summed E-state index contributed by atoms with van der Waals surface area (Å²) >= 11 is 0. The summed E-state index contributed by atoms with van der Waals surface area (Å²) in [6, 6.07) is 25.4. The van der Waals surface area contributed by atoms with Crippen molar-refractivity contribution in [3.8, 4) is 11.5 Å². The smallest absolute Gasteiger partial charge is 0.343 e. The lowest BCUT2D eigenvalue weighted by Crippen LogP contribution is -2.57. The number of rotatable bonds is 10. The van der Waals surface area contributed by atoms with Crippen LogP contribution >= 0.6 is 0 Å². The Hall–Kier alpha value is -6.03. The van der Waals surface area contributed by atoms with E-state index in [2.05, 4.69) is 6.58 Å². The molecule has 4 aromatic rings. The monoisotopic (exact) mass is 589 g/mol. The van der Waals surface area contributed by atoms with Crippen LogP contribution in [0.3, 0.4) is 0 Å². The number of allylic oxidation sites excluding steroid dienone is 1. The highest BCUT2D eigenvalue weighted by atomic mass is 16.6. The van der Waals surface area contributed by atoms with E-state index < -0.39 is 22.8 Å². The van der Waals surface area contributed by atoms with Gasteiger partial charge in [0, 0.05) is 17.7 Å². The lowest BCUT2D eigenvalue weighted by molar-refractivity contribution is -0.384. The number of methoxy groups -OCH3 is 1. The highest BCUT2D eigenvalue weighted by Gasteiger charge is 2.43. The number of imide groups is 2. The number of ether oxygens (including phenoxy) is 2. The van der Waals surface area contributed by atoms with Crippen molar-refractivity contribution >= 4 is 41.0 Å². The molecule has 0 bridgehead atoms. The van der Waals surface area contributed by atoms with Gasteiger partial charge in [-0.05, 0) is 72.2 Å². The standard InChI is InChI=1S/C34H27N3O7/c1-3-10-25-19-24(21-30(43-2)31(25)44-22-23-15-17-28(18-16-23)37(41)42)20-29-32(38)35(26-11-6-4-7-12-26)34(40)36(33(29)39)27-13-8-5-9-14-27/h3-9,11-21H,1,10,22H2,2H3. The molecule has 0 spiro atoms. The number of anilines is 2. The number of amides is 4. The summed E-state index contributed by atoms with van der Waals surface area (Å²) in [5.41, 5.74) is 2.24. The predicted molar refractivity (Wildman–Crippen MR) is 166 cm³/mol. The summed E-state index contributed by atoms with van der Waals surface area (Å²) in [7, 11) is 1.46. The number of hydrogen-bond acceptors (Lipinski definition) is 7. The Morgan fingerprint density at radius 3 is 1.91 bits per heavy atom. The molecule has 0 radical (unpaired) electrons. The van der Waals surface area contributed by atoms with E-state index >= 15 is 0 Å². The van der Waals surface area contributed by atoms with E-state index in [9.17, 15) is 24.5 Å². The van der Waals surface area contributed by atoms with Crippen LogP contribution in [0.25, 0.3) is 6.08 Å². The molecule has 220 valence electrons. The molecular formula is C34H27N3O7. The molecule has 1 fully saturated rings. The maximum absolute atomic E-state index is 13.8. The number of benzene rings is 4. The molecule has 0 saturated carbocycles. The number of nitrogens with zero attached hydrogens (tertiary/aromatic N) is 3. The Labute approximate surface area is 253 Å². The zero-order valence-electron chi connectivity index (χ0n) is 23.7. The molecule has 0 aromatic heterocycles. The van der Waals surface area contributed by atoms with Crippen molar-refractivity contribution in [2.24, 2.45) is 0 Å². The average Bonchev–Trinajstić information content (AvgIpc) is 3.03. The molecule has 5 rings (SSSR count). The van der Waals surface area contributed by atoms with E-state index in [1.54, 1.807) is 91.0 Å².